The van der Waals surface area contributed by atoms with E-state index < -0.39 is 23.0 Å². The van der Waals surface area contributed by atoms with Crippen LogP contribution in [0.2, 0.25) is 0 Å². The van der Waals surface area contributed by atoms with Gasteiger partial charge in [-0.3, -0.25) is 19.1 Å². The zero-order chi connectivity index (χ0) is 21.7. The summed E-state index contributed by atoms with van der Waals surface area (Å²) in [7, 11) is 0. The van der Waals surface area contributed by atoms with E-state index in [0.717, 1.165) is 12.5 Å². The van der Waals surface area contributed by atoms with Crippen LogP contribution in [0.1, 0.15) is 50.4 Å². The average molecular weight is 469 g/mol. The molecule has 0 spiro atoms. The molecule has 7 nitrogen and oxygen atoms in total. The zero-order valence-electron chi connectivity index (χ0n) is 16.8. The number of carbonyl (C=O) groups is 1. The number of carbonyl (C=O) groups excluding carboxylic acids is 1. The van der Waals surface area contributed by atoms with Crippen LogP contribution in [-0.4, -0.2) is 22.0 Å². The van der Waals surface area contributed by atoms with Gasteiger partial charge in [-0.05, 0) is 52.9 Å². The molecule has 0 saturated carbocycles. The van der Waals surface area contributed by atoms with Crippen LogP contribution >= 0.6 is 15.9 Å². The molecule has 1 amide bonds. The molecule has 0 aliphatic heterocycles. The molecule has 0 saturated heterocycles. The molecule has 1 aromatic heterocycles. The van der Waals surface area contributed by atoms with Gasteiger partial charge in [0.1, 0.15) is 11.6 Å². The van der Waals surface area contributed by atoms with E-state index >= 15 is 0 Å². The highest BCUT2D eigenvalue weighted by Crippen LogP contribution is 2.25. The molecule has 1 aromatic carbocycles. The van der Waals surface area contributed by atoms with Gasteiger partial charge in [0.25, 0.3) is 11.5 Å². The Balaban J connectivity index is 2.64. The van der Waals surface area contributed by atoms with Gasteiger partial charge in [-0.15, -0.1) is 0 Å². The van der Waals surface area contributed by atoms with E-state index in [1.165, 1.54) is 21.6 Å². The highest BCUT2D eigenvalue weighted by Gasteiger charge is 2.26. The van der Waals surface area contributed by atoms with Crippen molar-refractivity contribution in [3.63, 3.8) is 0 Å². The molecule has 0 aliphatic carbocycles. The number of nitrogens with two attached hydrogens (primary N) is 1. The van der Waals surface area contributed by atoms with Crippen LogP contribution in [0.3, 0.4) is 0 Å². The second-order valence-electron chi connectivity index (χ2n) is 7.26. The summed E-state index contributed by atoms with van der Waals surface area (Å²) in [6, 6.07) is 3.76. The van der Waals surface area contributed by atoms with Crippen LogP contribution in [-0.2, 0) is 6.54 Å². The molecular formula is C20H26BrFN4O3. The fourth-order valence-corrected chi connectivity index (χ4v) is 3.30. The van der Waals surface area contributed by atoms with Crippen LogP contribution in [0.15, 0.2) is 32.3 Å². The molecule has 2 aromatic rings. The molecule has 0 bridgehead atoms. The van der Waals surface area contributed by atoms with E-state index in [2.05, 4.69) is 20.9 Å². The molecule has 29 heavy (non-hydrogen) atoms. The number of hydrogen-bond donors (Lipinski definition) is 2. The number of amides is 1. The second kappa shape index (κ2) is 9.87. The van der Waals surface area contributed by atoms with E-state index in [-0.39, 0.29) is 29.5 Å². The number of nitrogens with one attached hydrogen (secondary N) is 1. The minimum absolute atomic E-state index is 0.0684. The third kappa shape index (κ3) is 5.35. The number of halogens is 2. The highest BCUT2D eigenvalue weighted by atomic mass is 79.9. The molecule has 1 heterocycles. The van der Waals surface area contributed by atoms with E-state index in [1.807, 2.05) is 20.8 Å². The van der Waals surface area contributed by atoms with Gasteiger partial charge >= 0.3 is 5.69 Å². The smallest absolute Gasteiger partial charge is 0.330 e. The first-order valence-electron chi connectivity index (χ1n) is 9.56. The summed E-state index contributed by atoms with van der Waals surface area (Å²) < 4.78 is 15.4. The number of nitrogen functional groups attached to an aromatic ring is 1. The Morgan fingerprint density at radius 1 is 1.34 bits per heavy atom. The van der Waals surface area contributed by atoms with Crippen molar-refractivity contribution in [1.82, 2.24) is 9.55 Å². The topological polar surface area (TPSA) is 101 Å². The summed E-state index contributed by atoms with van der Waals surface area (Å²) in [6.07, 6.45) is 2.10. The Hall–Kier alpha value is -2.42. The first kappa shape index (κ1) is 22.9. The summed E-state index contributed by atoms with van der Waals surface area (Å²) in [5, 5.41) is 0. The number of rotatable bonds is 8. The van der Waals surface area contributed by atoms with Gasteiger partial charge < -0.3 is 10.6 Å². The number of aromatic nitrogens is 2. The maximum Gasteiger partial charge on any atom is 0.330 e. The molecule has 0 fully saturated rings. The largest absolute Gasteiger partial charge is 0.383 e. The van der Waals surface area contributed by atoms with Crippen LogP contribution in [0.25, 0.3) is 0 Å². The van der Waals surface area contributed by atoms with Gasteiger partial charge in [0.15, 0.2) is 5.69 Å². The summed E-state index contributed by atoms with van der Waals surface area (Å²) in [4.78, 5) is 41.6. The molecule has 0 aliphatic rings. The van der Waals surface area contributed by atoms with Crippen LogP contribution < -0.4 is 21.9 Å². The predicted molar refractivity (Wildman–Crippen MR) is 116 cm³/mol. The number of nitrogens with zero attached hydrogens (tertiary/aromatic N) is 2. The average Bonchev–Trinajstić information content (AvgIpc) is 2.65. The number of H-pyrrole nitrogens is 1. The van der Waals surface area contributed by atoms with Crippen molar-refractivity contribution in [2.75, 3.05) is 17.2 Å². The standard InChI is InChI=1S/C20H26BrFN4O3/c1-4-5-9-26-17(23)16(18(27)24-20(26)29)25(10-8-12(2)3)19(28)14-11-13(22)6-7-15(14)21/h6-7,11-12H,4-5,8-10,23H2,1-3H3,(H,24,27,29). The van der Waals surface area contributed by atoms with Gasteiger partial charge in [-0.2, -0.15) is 0 Å². The first-order valence-corrected chi connectivity index (χ1v) is 10.4. The third-order valence-corrected chi connectivity index (χ3v) is 5.24. The molecule has 0 unspecified atom stereocenters. The third-order valence-electron chi connectivity index (χ3n) is 4.55. The Labute approximate surface area is 176 Å². The number of anilines is 2. The Morgan fingerprint density at radius 3 is 2.66 bits per heavy atom. The molecule has 3 N–H and O–H groups in total. The monoisotopic (exact) mass is 468 g/mol. The van der Waals surface area contributed by atoms with Gasteiger partial charge in [0.05, 0.1) is 5.56 Å². The van der Waals surface area contributed by atoms with Gasteiger partial charge in [-0.1, -0.05) is 27.2 Å². The number of unbranched alkanes of at least 4 members (excludes halogenated alkanes) is 1. The van der Waals surface area contributed by atoms with Gasteiger partial charge in [0, 0.05) is 17.6 Å². The SMILES string of the molecule is CCCCn1c(N)c(N(CCC(C)C)C(=O)c2cc(F)ccc2Br)c(=O)[nH]c1=O. The molecule has 0 atom stereocenters. The Bertz CT molecular complexity index is 1000. The molecular weight excluding hydrogens is 443 g/mol. The fourth-order valence-electron chi connectivity index (χ4n) is 2.89. The van der Waals surface area contributed by atoms with Crippen molar-refractivity contribution >= 4 is 33.3 Å². The Morgan fingerprint density at radius 2 is 2.03 bits per heavy atom. The predicted octanol–water partition coefficient (Wildman–Crippen LogP) is 3.51. The van der Waals surface area contributed by atoms with E-state index in [1.54, 1.807) is 0 Å². The lowest BCUT2D eigenvalue weighted by Crippen LogP contribution is -2.42. The zero-order valence-corrected chi connectivity index (χ0v) is 18.4. The molecule has 2 rings (SSSR count). The lowest BCUT2D eigenvalue weighted by molar-refractivity contribution is 0.0984. The van der Waals surface area contributed by atoms with Gasteiger partial charge in [0.2, 0.25) is 0 Å². The summed E-state index contributed by atoms with van der Waals surface area (Å²) >= 11 is 3.26. The highest BCUT2D eigenvalue weighted by molar-refractivity contribution is 9.10. The van der Waals surface area contributed by atoms with Crippen molar-refractivity contribution in [3.8, 4) is 0 Å². The summed E-state index contributed by atoms with van der Waals surface area (Å²) in [5.41, 5.74) is 4.79. The summed E-state index contributed by atoms with van der Waals surface area (Å²) in [6.45, 7) is 6.44. The Kier molecular flexibility index (Phi) is 7.78. The number of benzene rings is 1. The van der Waals surface area contributed by atoms with Crippen molar-refractivity contribution in [2.24, 2.45) is 5.92 Å². The van der Waals surface area contributed by atoms with Crippen molar-refractivity contribution in [3.05, 3.63) is 54.9 Å². The van der Waals surface area contributed by atoms with Crippen molar-refractivity contribution < 1.29 is 9.18 Å². The number of hydrogen-bond acceptors (Lipinski definition) is 4. The number of aromatic amines is 1. The van der Waals surface area contributed by atoms with Crippen molar-refractivity contribution in [2.45, 2.75) is 46.6 Å². The molecule has 0 radical (unpaired) electrons. The normalized spacial score (nSPS) is 11.1. The van der Waals surface area contributed by atoms with Crippen LogP contribution in [0.4, 0.5) is 15.9 Å². The first-order chi connectivity index (χ1) is 13.7. The lowest BCUT2D eigenvalue weighted by Gasteiger charge is -2.25. The maximum atomic E-state index is 13.8. The minimum atomic E-state index is -0.745. The van der Waals surface area contributed by atoms with Crippen molar-refractivity contribution in [1.29, 1.82) is 0 Å². The van der Waals surface area contributed by atoms with Crippen LogP contribution in [0.5, 0.6) is 0 Å². The quantitative estimate of drug-likeness (QED) is 0.618. The van der Waals surface area contributed by atoms with E-state index in [9.17, 15) is 18.8 Å². The van der Waals surface area contributed by atoms with E-state index in [4.69, 9.17) is 5.73 Å². The lowest BCUT2D eigenvalue weighted by atomic mass is 10.1. The molecule has 9 heteroatoms. The minimum Gasteiger partial charge on any atom is -0.383 e. The van der Waals surface area contributed by atoms with Gasteiger partial charge in [-0.25, -0.2) is 9.18 Å². The van der Waals surface area contributed by atoms with E-state index in [0.29, 0.717) is 23.9 Å². The summed E-state index contributed by atoms with van der Waals surface area (Å²) in [5.74, 6) is -0.977. The van der Waals surface area contributed by atoms with Crippen LogP contribution in [0, 0.1) is 11.7 Å². The molecule has 158 valence electrons. The maximum absolute atomic E-state index is 13.8. The fraction of sp³-hybridized carbons (Fsp3) is 0.450. The second-order valence-corrected chi connectivity index (χ2v) is 8.12.